The van der Waals surface area contributed by atoms with Crippen LogP contribution in [0.1, 0.15) is 74.1 Å². The second kappa shape index (κ2) is 10.4. The molecule has 13 heteroatoms. The van der Waals surface area contributed by atoms with Crippen LogP contribution in [0, 0.1) is 0 Å². The van der Waals surface area contributed by atoms with Crippen molar-refractivity contribution < 1.29 is 62.8 Å². The second-order valence-corrected chi connectivity index (χ2v) is 7.85. The van der Waals surface area contributed by atoms with E-state index in [0.717, 1.165) is 0 Å². The summed E-state index contributed by atoms with van der Waals surface area (Å²) in [5.74, 6) is 0. The number of fused-ring (bicyclic) bond motifs is 1. The van der Waals surface area contributed by atoms with Gasteiger partial charge in [0.1, 0.15) is 0 Å². The molecule has 0 bridgehead atoms. The maximum atomic E-state index is 13.7. The van der Waals surface area contributed by atoms with Crippen molar-refractivity contribution in [1.29, 1.82) is 0 Å². The number of benzene rings is 2. The molecule has 0 aromatic heterocycles. The molecule has 0 radical (unpaired) electrons. The van der Waals surface area contributed by atoms with E-state index in [2.05, 4.69) is 10.1 Å². The van der Waals surface area contributed by atoms with Crippen LogP contribution in [0.25, 0.3) is 0 Å². The summed E-state index contributed by atoms with van der Waals surface area (Å²) < 4.78 is 202. The van der Waals surface area contributed by atoms with Gasteiger partial charge in [0, 0.05) is 29.6 Å². The first-order chi connectivity index (χ1) is 20.9. The van der Waals surface area contributed by atoms with Gasteiger partial charge in [-0.3, -0.25) is 4.90 Å². The Hall–Kier alpha value is -2.96. The number of nitrogens with one attached hydrogen (secondary N) is 1. The van der Waals surface area contributed by atoms with Crippen LogP contribution < -0.4 is 10.2 Å². The number of halogens is 9. The molecule has 3 rings (SSSR count). The highest BCUT2D eigenvalue weighted by Crippen LogP contribution is 2.42. The van der Waals surface area contributed by atoms with Crippen LogP contribution >= 0.6 is 0 Å². The number of ether oxygens (including phenoxy) is 1. The maximum Gasteiger partial charge on any atom is 0.416 e. The SMILES string of the molecule is [2H]C([2H])([2H])C([2H])([2H])OC(=O)N1c2ccc(C(F)(F)F)cc2C(NCc2cc(C(F)(F)F)cc(C(F)(F)F)c2)CC1C([2H])([2H])C([2H])([2H])[2H]. The van der Waals surface area contributed by atoms with Gasteiger partial charge in [-0.05, 0) is 67.2 Å². The number of hydrogen-bond acceptors (Lipinski definition) is 3. The fourth-order valence-corrected chi connectivity index (χ4v) is 3.85. The molecule has 2 unspecified atom stereocenters. The first kappa shape index (κ1) is 17.5. The summed E-state index contributed by atoms with van der Waals surface area (Å²) in [6.07, 6.45) is -22.1. The summed E-state index contributed by atoms with van der Waals surface area (Å²) in [7, 11) is 0. The Balaban J connectivity index is 2.22. The Labute approximate surface area is 220 Å². The lowest BCUT2D eigenvalue weighted by molar-refractivity contribution is -0.143. The van der Waals surface area contributed by atoms with Gasteiger partial charge in [-0.2, -0.15) is 39.5 Å². The molecule has 0 aliphatic carbocycles. The lowest BCUT2D eigenvalue weighted by Gasteiger charge is -2.40. The zero-order valence-electron chi connectivity index (χ0n) is 28.2. The Morgan fingerprint density at radius 1 is 0.973 bits per heavy atom. The van der Waals surface area contributed by atoms with Crippen molar-refractivity contribution in [2.75, 3.05) is 11.5 Å². The van der Waals surface area contributed by atoms with Crippen LogP contribution in [0.3, 0.4) is 0 Å². The van der Waals surface area contributed by atoms with Crippen LogP contribution in [0.5, 0.6) is 0 Å². The van der Waals surface area contributed by atoms with Gasteiger partial charge >= 0.3 is 24.6 Å². The molecule has 1 N–H and O–H groups in total. The van der Waals surface area contributed by atoms with Crippen molar-refractivity contribution in [3.8, 4) is 0 Å². The molecule has 204 valence electrons. The fraction of sp³-hybridized carbons (Fsp3) is 0.458. The van der Waals surface area contributed by atoms with E-state index in [4.69, 9.17) is 13.7 Å². The van der Waals surface area contributed by atoms with Crippen molar-refractivity contribution in [3.63, 3.8) is 0 Å². The minimum Gasteiger partial charge on any atom is -0.449 e. The van der Waals surface area contributed by atoms with Gasteiger partial charge in [-0.15, -0.1) is 0 Å². The van der Waals surface area contributed by atoms with Crippen LogP contribution in [0.4, 0.5) is 50.0 Å². The number of nitrogens with zero attached hydrogens (tertiary/aromatic N) is 1. The maximum absolute atomic E-state index is 13.7. The number of carbonyl (C=O) groups excluding carboxylic acids is 1. The van der Waals surface area contributed by atoms with E-state index in [9.17, 15) is 44.3 Å². The molecule has 37 heavy (non-hydrogen) atoms. The molecular formula is C24H23F9N2O2. The third-order valence-corrected chi connectivity index (χ3v) is 5.46. The molecule has 1 aliphatic heterocycles. The van der Waals surface area contributed by atoms with Gasteiger partial charge in [0.15, 0.2) is 0 Å². The number of rotatable bonds is 5. The molecule has 2 atom stereocenters. The average Bonchev–Trinajstić information content (AvgIpc) is 2.87. The minimum absolute atomic E-state index is 0.121. The van der Waals surface area contributed by atoms with Crippen LogP contribution in [0.2, 0.25) is 0 Å². The molecule has 1 amide bonds. The van der Waals surface area contributed by atoms with E-state index in [1.165, 1.54) is 0 Å². The van der Waals surface area contributed by atoms with Crippen molar-refractivity contribution in [1.82, 2.24) is 5.32 Å². The highest BCUT2D eigenvalue weighted by molar-refractivity contribution is 5.90. The summed E-state index contributed by atoms with van der Waals surface area (Å²) in [5.41, 5.74) is -6.87. The highest BCUT2D eigenvalue weighted by atomic mass is 19.4. The molecule has 0 fully saturated rings. The van der Waals surface area contributed by atoms with E-state index >= 15 is 0 Å². The lowest BCUT2D eigenvalue weighted by atomic mass is 9.88. The van der Waals surface area contributed by atoms with E-state index in [1.54, 1.807) is 0 Å². The van der Waals surface area contributed by atoms with E-state index < -0.39 is 110 Å². The first-order valence-electron chi connectivity index (χ1n) is 15.1. The summed E-state index contributed by atoms with van der Waals surface area (Å²) in [4.78, 5) is 13.4. The quantitative estimate of drug-likeness (QED) is 0.386. The van der Waals surface area contributed by atoms with Gasteiger partial charge in [0.25, 0.3) is 0 Å². The smallest absolute Gasteiger partial charge is 0.416 e. The fourth-order valence-electron chi connectivity index (χ4n) is 3.85. The largest absolute Gasteiger partial charge is 0.449 e. The average molecular weight is 553 g/mol. The predicted molar refractivity (Wildman–Crippen MR) is 116 cm³/mol. The Kier molecular flexibility index (Phi) is 4.94. The topological polar surface area (TPSA) is 41.6 Å². The zero-order valence-corrected chi connectivity index (χ0v) is 18.2. The van der Waals surface area contributed by atoms with Crippen LogP contribution in [-0.2, 0) is 29.8 Å². The van der Waals surface area contributed by atoms with Crippen molar-refractivity contribution in [3.05, 3.63) is 64.2 Å². The van der Waals surface area contributed by atoms with Gasteiger partial charge in [0.2, 0.25) is 0 Å². The molecular weight excluding hydrogens is 519 g/mol. The third-order valence-electron chi connectivity index (χ3n) is 5.46. The molecule has 1 heterocycles. The number of amides is 1. The monoisotopic (exact) mass is 552 g/mol. The second-order valence-electron chi connectivity index (χ2n) is 7.85. The van der Waals surface area contributed by atoms with Crippen molar-refractivity contribution >= 4 is 11.8 Å². The highest BCUT2D eigenvalue weighted by Gasteiger charge is 2.40. The lowest BCUT2D eigenvalue weighted by Crippen LogP contribution is -2.47. The molecule has 0 spiro atoms. The molecule has 4 nitrogen and oxygen atoms in total. The molecule has 2 aromatic rings. The van der Waals surface area contributed by atoms with E-state index in [1.807, 2.05) is 0 Å². The normalized spacial score (nSPS) is 24.0. The van der Waals surface area contributed by atoms with Gasteiger partial charge in [-0.25, -0.2) is 4.79 Å². The molecule has 2 aromatic carbocycles. The summed E-state index contributed by atoms with van der Waals surface area (Å²) in [5, 5.41) is 2.42. The Morgan fingerprint density at radius 3 is 2.14 bits per heavy atom. The Morgan fingerprint density at radius 2 is 1.59 bits per heavy atom. The summed E-state index contributed by atoms with van der Waals surface area (Å²) in [6, 6.07) is -2.23. The zero-order chi connectivity index (χ0) is 36.3. The number of hydrogen-bond donors (Lipinski definition) is 1. The third kappa shape index (κ3) is 6.49. The predicted octanol–water partition coefficient (Wildman–Crippen LogP) is 7.72. The summed E-state index contributed by atoms with van der Waals surface area (Å²) in [6.45, 7) is -12.0. The number of carbonyl (C=O) groups is 1. The molecule has 1 aliphatic rings. The van der Waals surface area contributed by atoms with Crippen molar-refractivity contribution in [2.45, 2.75) is 63.7 Å². The molecule has 0 saturated carbocycles. The number of anilines is 1. The van der Waals surface area contributed by atoms with E-state index in [0.29, 0.717) is 30.3 Å². The number of alkyl halides is 9. The summed E-state index contributed by atoms with van der Waals surface area (Å²) >= 11 is 0. The van der Waals surface area contributed by atoms with Crippen LogP contribution in [-0.4, -0.2) is 18.7 Å². The standard InChI is InChI=1S/C24H23F9N2O2/c1-3-17-11-19(34-12-13-7-15(23(28,29)30)9-16(8-13)24(31,32)33)18-10-14(22(25,26)27)5-6-20(18)35(17)21(36)37-4-2/h5-10,17,19,34H,3-4,11-12H2,1-2H3/i1D3,2D3,3D2,4D2. The van der Waals surface area contributed by atoms with Crippen molar-refractivity contribution in [2.24, 2.45) is 0 Å². The molecule has 0 saturated heterocycles. The van der Waals surface area contributed by atoms with E-state index in [-0.39, 0.29) is 11.0 Å². The Bertz CT molecular complexity index is 1460. The van der Waals surface area contributed by atoms with Gasteiger partial charge in [-0.1, -0.05) is 6.85 Å². The van der Waals surface area contributed by atoms with Crippen LogP contribution in [0.15, 0.2) is 36.4 Å². The van der Waals surface area contributed by atoms with Gasteiger partial charge < -0.3 is 10.1 Å². The first-order valence-corrected chi connectivity index (χ1v) is 10.1. The van der Waals surface area contributed by atoms with Gasteiger partial charge in [0.05, 0.1) is 31.7 Å². The minimum atomic E-state index is -5.25.